The van der Waals surface area contributed by atoms with Gasteiger partial charge in [0.05, 0.1) is 24.9 Å². The first-order chi connectivity index (χ1) is 15.7. The smallest absolute Gasteiger partial charge is 0.270 e. The topological polar surface area (TPSA) is 104 Å². The van der Waals surface area contributed by atoms with Crippen molar-refractivity contribution < 1.29 is 4.74 Å². The quantitative estimate of drug-likeness (QED) is 0.290. The molecular weight excluding hydrogens is 442 g/mol. The molecule has 0 saturated carbocycles. The number of aromatic amines is 1. The molecular formula is C23H19N5O2S2. The Balaban J connectivity index is 1.52. The number of rotatable bonds is 8. The second kappa shape index (κ2) is 10.1. The van der Waals surface area contributed by atoms with Crippen molar-refractivity contribution in [1.82, 2.24) is 15.0 Å². The van der Waals surface area contributed by atoms with Gasteiger partial charge in [0.25, 0.3) is 5.56 Å². The van der Waals surface area contributed by atoms with E-state index in [1.165, 1.54) is 11.8 Å². The van der Waals surface area contributed by atoms with Gasteiger partial charge in [0.2, 0.25) is 0 Å². The van der Waals surface area contributed by atoms with Gasteiger partial charge >= 0.3 is 0 Å². The molecule has 2 aromatic carbocycles. The molecule has 32 heavy (non-hydrogen) atoms. The third-order valence-corrected chi connectivity index (χ3v) is 6.33. The highest BCUT2D eigenvalue weighted by atomic mass is 32.2. The molecule has 4 aromatic rings. The standard InChI is InChI=1S/C23H19N5O2S2/c1-30-18-7-3-5-16(9-18)21-20(10-24)22(29)28-23(27-21)31-13-15-4-2-6-17(8-15)26-12-19-11-25-14-32-19/h2-9,11,14,26H,12-13H2,1H3,(H,27,28,29). The highest BCUT2D eigenvalue weighted by Gasteiger charge is 2.14. The van der Waals surface area contributed by atoms with E-state index >= 15 is 0 Å². The van der Waals surface area contributed by atoms with Crippen LogP contribution in [0.2, 0.25) is 0 Å². The molecule has 2 aromatic heterocycles. The number of hydrogen-bond acceptors (Lipinski definition) is 8. The second-order valence-corrected chi connectivity index (χ2v) is 8.68. The average molecular weight is 462 g/mol. The van der Waals surface area contributed by atoms with E-state index < -0.39 is 5.56 Å². The van der Waals surface area contributed by atoms with Crippen molar-refractivity contribution in [2.75, 3.05) is 12.4 Å². The molecule has 0 unspecified atom stereocenters. The first kappa shape index (κ1) is 21.6. The molecule has 2 N–H and O–H groups in total. The molecule has 0 spiro atoms. The summed E-state index contributed by atoms with van der Waals surface area (Å²) in [5.41, 5.74) is 4.43. The molecule has 0 saturated heterocycles. The Hall–Kier alpha value is -3.61. The lowest BCUT2D eigenvalue weighted by atomic mass is 10.1. The fourth-order valence-corrected chi connectivity index (χ4v) is 4.38. The van der Waals surface area contributed by atoms with E-state index in [4.69, 9.17) is 4.74 Å². The molecule has 0 aliphatic heterocycles. The van der Waals surface area contributed by atoms with Gasteiger partial charge in [-0.1, -0.05) is 36.0 Å². The van der Waals surface area contributed by atoms with Crippen molar-refractivity contribution in [3.05, 3.63) is 86.6 Å². The van der Waals surface area contributed by atoms with E-state index in [1.54, 1.807) is 42.7 Å². The van der Waals surface area contributed by atoms with Crippen LogP contribution in [0.1, 0.15) is 16.0 Å². The van der Waals surface area contributed by atoms with Gasteiger partial charge in [-0.3, -0.25) is 9.78 Å². The number of nitrogens with one attached hydrogen (secondary N) is 2. The first-order valence-corrected chi connectivity index (χ1v) is 11.5. The largest absolute Gasteiger partial charge is 0.497 e. The molecule has 4 rings (SSSR count). The number of ether oxygens (including phenoxy) is 1. The number of aromatic nitrogens is 3. The van der Waals surface area contributed by atoms with Crippen LogP contribution in [0, 0.1) is 11.3 Å². The van der Waals surface area contributed by atoms with Crippen molar-refractivity contribution in [2.24, 2.45) is 0 Å². The van der Waals surface area contributed by atoms with Crippen molar-refractivity contribution in [3.63, 3.8) is 0 Å². The van der Waals surface area contributed by atoms with Gasteiger partial charge in [-0.25, -0.2) is 4.98 Å². The molecule has 0 radical (unpaired) electrons. The summed E-state index contributed by atoms with van der Waals surface area (Å²) in [5, 5.41) is 13.3. The number of methoxy groups -OCH3 is 1. The Morgan fingerprint density at radius 3 is 2.91 bits per heavy atom. The maximum Gasteiger partial charge on any atom is 0.270 e. The summed E-state index contributed by atoms with van der Waals surface area (Å²) < 4.78 is 5.26. The normalized spacial score (nSPS) is 10.5. The zero-order valence-corrected chi connectivity index (χ0v) is 18.8. The molecule has 0 amide bonds. The maximum absolute atomic E-state index is 12.5. The molecule has 0 fully saturated rings. The summed E-state index contributed by atoms with van der Waals surface area (Å²) in [7, 11) is 1.57. The number of H-pyrrole nitrogens is 1. The van der Waals surface area contributed by atoms with Crippen molar-refractivity contribution >= 4 is 28.8 Å². The van der Waals surface area contributed by atoms with Gasteiger partial charge in [-0.2, -0.15) is 5.26 Å². The minimum Gasteiger partial charge on any atom is -0.497 e. The van der Waals surface area contributed by atoms with Crippen LogP contribution in [0.5, 0.6) is 5.75 Å². The second-order valence-electron chi connectivity index (χ2n) is 6.75. The number of anilines is 1. The summed E-state index contributed by atoms with van der Waals surface area (Å²) in [6.45, 7) is 0.718. The Kier molecular flexibility index (Phi) is 6.84. The van der Waals surface area contributed by atoms with Crippen LogP contribution in [0.3, 0.4) is 0 Å². The Labute approximate surface area is 193 Å². The zero-order valence-electron chi connectivity index (χ0n) is 17.2. The summed E-state index contributed by atoms with van der Waals surface area (Å²) in [5.74, 6) is 1.24. The fourth-order valence-electron chi connectivity index (χ4n) is 3.05. The Bertz CT molecular complexity index is 1310. The van der Waals surface area contributed by atoms with Crippen molar-refractivity contribution in [3.8, 4) is 23.1 Å². The summed E-state index contributed by atoms with van der Waals surface area (Å²) >= 11 is 3.02. The number of nitrogens with zero attached hydrogens (tertiary/aromatic N) is 3. The van der Waals surface area contributed by atoms with Crippen LogP contribution < -0.4 is 15.6 Å². The third-order valence-electron chi connectivity index (χ3n) is 4.61. The monoisotopic (exact) mass is 461 g/mol. The fraction of sp³-hybridized carbons (Fsp3) is 0.130. The van der Waals surface area contributed by atoms with E-state index in [0.29, 0.717) is 27.9 Å². The predicted molar refractivity (Wildman–Crippen MR) is 127 cm³/mol. The lowest BCUT2D eigenvalue weighted by molar-refractivity contribution is 0.415. The minimum absolute atomic E-state index is 0.0168. The number of benzene rings is 2. The van der Waals surface area contributed by atoms with E-state index in [9.17, 15) is 10.1 Å². The summed E-state index contributed by atoms with van der Waals surface area (Å²) in [6, 6.07) is 17.2. The first-order valence-electron chi connectivity index (χ1n) is 9.68. The third kappa shape index (κ3) is 5.17. The maximum atomic E-state index is 12.5. The van der Waals surface area contributed by atoms with Crippen LogP contribution >= 0.6 is 23.1 Å². The minimum atomic E-state index is -0.456. The predicted octanol–water partition coefficient (Wildman–Crippen LogP) is 4.68. The molecule has 0 aliphatic rings. The molecule has 0 atom stereocenters. The van der Waals surface area contributed by atoms with Gasteiger partial charge in [0.15, 0.2) is 5.16 Å². The number of thiazole rings is 1. The van der Waals surface area contributed by atoms with E-state index in [0.717, 1.165) is 22.7 Å². The van der Waals surface area contributed by atoms with Gasteiger partial charge in [-0.05, 0) is 29.8 Å². The molecule has 7 nitrogen and oxygen atoms in total. The summed E-state index contributed by atoms with van der Waals surface area (Å²) in [6.07, 6.45) is 1.85. The van der Waals surface area contributed by atoms with Gasteiger partial charge < -0.3 is 15.0 Å². The molecule has 0 aliphatic carbocycles. The lowest BCUT2D eigenvalue weighted by Gasteiger charge is -2.09. The molecule has 9 heteroatoms. The SMILES string of the molecule is COc1cccc(-c2nc(SCc3cccc(NCc4cncs4)c3)[nH]c(=O)c2C#N)c1. The van der Waals surface area contributed by atoms with Gasteiger partial charge in [0, 0.05) is 28.1 Å². The Morgan fingerprint density at radius 2 is 2.12 bits per heavy atom. The van der Waals surface area contributed by atoms with Gasteiger partial charge in [-0.15, -0.1) is 11.3 Å². The molecule has 160 valence electrons. The van der Waals surface area contributed by atoms with Crippen LogP contribution in [-0.4, -0.2) is 22.1 Å². The van der Waals surface area contributed by atoms with Crippen molar-refractivity contribution in [2.45, 2.75) is 17.5 Å². The number of hydrogen-bond donors (Lipinski definition) is 2. The van der Waals surface area contributed by atoms with Crippen LogP contribution in [0.4, 0.5) is 5.69 Å². The Morgan fingerprint density at radius 1 is 1.25 bits per heavy atom. The summed E-state index contributed by atoms with van der Waals surface area (Å²) in [4.78, 5) is 25.0. The highest BCUT2D eigenvalue weighted by molar-refractivity contribution is 7.98. The lowest BCUT2D eigenvalue weighted by Crippen LogP contribution is -2.14. The van der Waals surface area contributed by atoms with Crippen molar-refractivity contribution in [1.29, 1.82) is 5.26 Å². The van der Waals surface area contributed by atoms with Crippen LogP contribution in [0.15, 0.2) is 70.2 Å². The number of thioether (sulfide) groups is 1. The average Bonchev–Trinajstić information content (AvgIpc) is 3.35. The highest BCUT2D eigenvalue weighted by Crippen LogP contribution is 2.27. The van der Waals surface area contributed by atoms with E-state index in [-0.39, 0.29) is 5.56 Å². The molecule has 2 heterocycles. The number of nitriles is 1. The molecule has 0 bridgehead atoms. The van der Waals surface area contributed by atoms with Gasteiger partial charge in [0.1, 0.15) is 17.4 Å². The van der Waals surface area contributed by atoms with E-state index in [1.807, 2.05) is 36.0 Å². The van der Waals surface area contributed by atoms with Crippen LogP contribution in [0.25, 0.3) is 11.3 Å². The van der Waals surface area contributed by atoms with Crippen LogP contribution in [-0.2, 0) is 12.3 Å². The van der Waals surface area contributed by atoms with E-state index in [2.05, 4.69) is 26.3 Å². The zero-order chi connectivity index (χ0) is 22.3.